The van der Waals surface area contributed by atoms with Crippen LogP contribution in [0.5, 0.6) is 5.75 Å². The number of hydrogen-bond acceptors (Lipinski definition) is 6. The highest BCUT2D eigenvalue weighted by molar-refractivity contribution is 6.33. The smallest absolute Gasteiger partial charge is 0.302 e. The van der Waals surface area contributed by atoms with E-state index in [2.05, 4.69) is 10.3 Å². The van der Waals surface area contributed by atoms with Crippen LogP contribution in [-0.2, 0) is 23.0 Å². The van der Waals surface area contributed by atoms with Gasteiger partial charge in [0.25, 0.3) is 5.56 Å². The largest absolute Gasteiger partial charge is 0.497 e. The Hall–Kier alpha value is -3.32. The van der Waals surface area contributed by atoms with Gasteiger partial charge in [0.1, 0.15) is 23.4 Å². The van der Waals surface area contributed by atoms with Gasteiger partial charge in [-0.2, -0.15) is 0 Å². The number of halogens is 1. The molecule has 1 N–H and O–H groups in total. The number of hydrogen-bond donors (Lipinski definition) is 1. The number of ether oxygens (including phenoxy) is 2. The molecule has 166 valence electrons. The fourth-order valence-electron chi connectivity index (χ4n) is 4.16. The molecule has 0 aliphatic heterocycles. The van der Waals surface area contributed by atoms with E-state index in [9.17, 15) is 9.59 Å². The number of carbonyl (C=O) groups excluding carboxylic acids is 1. The molecule has 0 saturated carbocycles. The van der Waals surface area contributed by atoms with Crippen LogP contribution in [0.4, 0.5) is 5.82 Å². The molecule has 2 unspecified atom stereocenters. The van der Waals surface area contributed by atoms with Crippen molar-refractivity contribution >= 4 is 23.4 Å². The van der Waals surface area contributed by atoms with E-state index in [0.29, 0.717) is 34.3 Å². The van der Waals surface area contributed by atoms with Crippen LogP contribution in [0.15, 0.2) is 47.3 Å². The van der Waals surface area contributed by atoms with Gasteiger partial charge in [0.2, 0.25) is 0 Å². The summed E-state index contributed by atoms with van der Waals surface area (Å²) in [4.78, 5) is 29.5. The first-order valence-corrected chi connectivity index (χ1v) is 10.6. The Kier molecular flexibility index (Phi) is 5.93. The van der Waals surface area contributed by atoms with Crippen LogP contribution in [0.1, 0.15) is 29.8 Å². The molecule has 0 radical (unpaired) electrons. The van der Waals surface area contributed by atoms with Crippen molar-refractivity contribution in [2.75, 3.05) is 12.4 Å². The van der Waals surface area contributed by atoms with Crippen LogP contribution in [0.2, 0.25) is 5.02 Å². The molecule has 3 aromatic rings. The Labute approximate surface area is 191 Å². The summed E-state index contributed by atoms with van der Waals surface area (Å²) >= 11 is 6.39. The number of aromatic nitrogens is 2. The van der Waals surface area contributed by atoms with Crippen molar-refractivity contribution < 1.29 is 14.3 Å². The summed E-state index contributed by atoms with van der Waals surface area (Å²) in [7, 11) is 3.24. The van der Waals surface area contributed by atoms with Crippen molar-refractivity contribution in [1.82, 2.24) is 9.55 Å². The van der Waals surface area contributed by atoms with E-state index < -0.39 is 0 Å². The van der Waals surface area contributed by atoms with Gasteiger partial charge in [0.05, 0.1) is 23.9 Å². The van der Waals surface area contributed by atoms with E-state index in [-0.39, 0.29) is 29.4 Å². The second-order valence-corrected chi connectivity index (χ2v) is 8.18. The van der Waals surface area contributed by atoms with Crippen LogP contribution in [0.3, 0.4) is 0 Å². The van der Waals surface area contributed by atoms with E-state index >= 15 is 0 Å². The Morgan fingerprint density at radius 3 is 2.69 bits per heavy atom. The predicted molar refractivity (Wildman–Crippen MR) is 123 cm³/mol. The molecule has 1 aliphatic carbocycles. The minimum absolute atomic E-state index is 0.256. The second kappa shape index (κ2) is 8.67. The first-order chi connectivity index (χ1) is 15.3. The van der Waals surface area contributed by atoms with Gasteiger partial charge in [-0.1, -0.05) is 35.9 Å². The maximum absolute atomic E-state index is 13.2. The van der Waals surface area contributed by atoms with Crippen LogP contribution < -0.4 is 15.6 Å². The maximum atomic E-state index is 13.2. The van der Waals surface area contributed by atoms with E-state index in [0.717, 1.165) is 11.1 Å². The number of nitrogens with zero attached hydrogens (tertiary/aromatic N) is 2. The molecule has 0 saturated heterocycles. The van der Waals surface area contributed by atoms with E-state index in [1.54, 1.807) is 32.4 Å². The van der Waals surface area contributed by atoms with Gasteiger partial charge >= 0.3 is 5.97 Å². The Balaban J connectivity index is 1.74. The van der Waals surface area contributed by atoms with Crippen LogP contribution in [0, 0.1) is 6.92 Å². The number of carbonyl (C=O) groups is 1. The molecule has 2 atom stereocenters. The number of methoxy groups -OCH3 is 1. The zero-order valence-electron chi connectivity index (χ0n) is 18.3. The summed E-state index contributed by atoms with van der Waals surface area (Å²) in [5, 5.41) is 3.79. The van der Waals surface area contributed by atoms with Gasteiger partial charge in [-0.25, -0.2) is 4.98 Å². The summed E-state index contributed by atoms with van der Waals surface area (Å²) in [6, 6.07) is 12.7. The van der Waals surface area contributed by atoms with Gasteiger partial charge in [0, 0.05) is 26.0 Å². The molecule has 0 amide bonds. The topological polar surface area (TPSA) is 82.4 Å². The standard InChI is InChI=1S/C24H24ClN3O4/c1-13-23(27-21-17-8-6-5-7-15(17)11-20(21)32-14(2)29)28(3)24(30)22(26-13)18-10-9-16(31-4)12-19(18)25/h5-10,12,20-21,27H,11H2,1-4H3. The Morgan fingerprint density at radius 1 is 1.25 bits per heavy atom. The van der Waals surface area contributed by atoms with Crippen LogP contribution >= 0.6 is 11.6 Å². The maximum Gasteiger partial charge on any atom is 0.302 e. The minimum atomic E-state index is -0.380. The average Bonchev–Trinajstić information content (AvgIpc) is 3.10. The van der Waals surface area contributed by atoms with Crippen molar-refractivity contribution in [3.8, 4) is 17.0 Å². The SMILES string of the molecule is COc1ccc(-c2nc(C)c(NC3c4ccccc4CC3OC(C)=O)n(C)c2=O)c(Cl)c1. The fraction of sp³-hybridized carbons (Fsp3) is 0.292. The number of nitrogens with one attached hydrogen (secondary N) is 1. The van der Waals surface area contributed by atoms with Crippen molar-refractivity contribution in [2.24, 2.45) is 7.05 Å². The molecule has 8 heteroatoms. The van der Waals surface area contributed by atoms with E-state index in [1.807, 2.05) is 31.2 Å². The van der Waals surface area contributed by atoms with Gasteiger partial charge < -0.3 is 14.8 Å². The highest BCUT2D eigenvalue weighted by Crippen LogP contribution is 2.37. The monoisotopic (exact) mass is 453 g/mol. The fourth-order valence-corrected chi connectivity index (χ4v) is 4.42. The second-order valence-electron chi connectivity index (χ2n) is 7.78. The highest BCUT2D eigenvalue weighted by Gasteiger charge is 2.35. The number of aryl methyl sites for hydroxylation is 1. The molecule has 0 bridgehead atoms. The number of esters is 1. The van der Waals surface area contributed by atoms with E-state index in [4.69, 9.17) is 21.1 Å². The number of rotatable bonds is 5. The van der Waals surface area contributed by atoms with Crippen molar-refractivity contribution in [1.29, 1.82) is 0 Å². The molecule has 0 fully saturated rings. The third-order valence-corrected chi connectivity index (χ3v) is 6.00. The van der Waals surface area contributed by atoms with Crippen LogP contribution in [0.25, 0.3) is 11.3 Å². The molecule has 7 nitrogen and oxygen atoms in total. The molecule has 4 rings (SSSR count). The summed E-state index contributed by atoms with van der Waals surface area (Å²) in [5.74, 6) is 0.812. The summed E-state index contributed by atoms with van der Waals surface area (Å²) in [6.07, 6.45) is 0.225. The molecule has 2 aromatic carbocycles. The zero-order chi connectivity index (χ0) is 23.0. The zero-order valence-corrected chi connectivity index (χ0v) is 19.1. The van der Waals surface area contributed by atoms with Crippen LogP contribution in [-0.4, -0.2) is 28.7 Å². The third kappa shape index (κ3) is 3.96. The summed E-state index contributed by atoms with van der Waals surface area (Å²) in [5.41, 5.74) is 3.26. The highest BCUT2D eigenvalue weighted by atomic mass is 35.5. The van der Waals surface area contributed by atoms with Crippen molar-refractivity contribution in [2.45, 2.75) is 32.4 Å². The molecule has 1 aliphatic rings. The van der Waals surface area contributed by atoms with Crippen molar-refractivity contribution in [3.63, 3.8) is 0 Å². The quantitative estimate of drug-likeness (QED) is 0.587. The number of benzene rings is 2. The summed E-state index contributed by atoms with van der Waals surface area (Å²) in [6.45, 7) is 3.22. The predicted octanol–water partition coefficient (Wildman–Crippen LogP) is 4.06. The first kappa shape index (κ1) is 21.9. The lowest BCUT2D eigenvalue weighted by Gasteiger charge is -2.25. The normalized spacial score (nSPS) is 17.0. The number of fused-ring (bicyclic) bond motifs is 1. The lowest BCUT2D eigenvalue weighted by Crippen LogP contribution is -2.31. The van der Waals surface area contributed by atoms with E-state index in [1.165, 1.54) is 11.5 Å². The Morgan fingerprint density at radius 2 is 2.00 bits per heavy atom. The summed E-state index contributed by atoms with van der Waals surface area (Å²) < 4.78 is 12.3. The van der Waals surface area contributed by atoms with Gasteiger partial charge in [-0.3, -0.25) is 14.2 Å². The molecular formula is C24H24ClN3O4. The molecule has 32 heavy (non-hydrogen) atoms. The molecule has 1 aromatic heterocycles. The third-order valence-electron chi connectivity index (χ3n) is 5.69. The van der Waals surface area contributed by atoms with Gasteiger partial charge in [-0.05, 0) is 36.2 Å². The van der Waals surface area contributed by atoms with Crippen molar-refractivity contribution in [3.05, 3.63) is 74.7 Å². The first-order valence-electron chi connectivity index (χ1n) is 10.2. The molecule has 1 heterocycles. The molecule has 0 spiro atoms. The molecular weight excluding hydrogens is 430 g/mol. The lowest BCUT2D eigenvalue weighted by atomic mass is 10.1. The lowest BCUT2D eigenvalue weighted by molar-refractivity contribution is -0.146. The van der Waals surface area contributed by atoms with Gasteiger partial charge in [0.15, 0.2) is 0 Å². The average molecular weight is 454 g/mol. The van der Waals surface area contributed by atoms with Gasteiger partial charge in [-0.15, -0.1) is 0 Å². The number of anilines is 1. The minimum Gasteiger partial charge on any atom is -0.497 e. The Bertz CT molecular complexity index is 1250.